The summed E-state index contributed by atoms with van der Waals surface area (Å²) in [6.45, 7) is 0.713. The molecule has 0 aliphatic carbocycles. The van der Waals surface area contributed by atoms with Crippen LogP contribution in [-0.4, -0.2) is 41.4 Å². The maximum absolute atomic E-state index is 13.2. The van der Waals surface area contributed by atoms with Gasteiger partial charge in [-0.25, -0.2) is 9.82 Å². The second-order valence-corrected chi connectivity index (χ2v) is 7.60. The van der Waals surface area contributed by atoms with E-state index in [-0.39, 0.29) is 36.1 Å². The topological polar surface area (TPSA) is 73.9 Å². The molecule has 0 bridgehead atoms. The number of nitrogens with one attached hydrogen (secondary N) is 2. The Hall–Kier alpha value is -3.39. The van der Waals surface area contributed by atoms with Gasteiger partial charge >= 0.3 is 0 Å². The van der Waals surface area contributed by atoms with Gasteiger partial charge in [-0.3, -0.25) is 9.59 Å². The maximum atomic E-state index is 13.2. The van der Waals surface area contributed by atoms with Crippen LogP contribution in [0.5, 0.6) is 5.75 Å². The molecule has 2 aromatic carbocycles. The van der Waals surface area contributed by atoms with Crippen molar-refractivity contribution < 1.29 is 18.7 Å². The fourth-order valence-electron chi connectivity index (χ4n) is 3.83. The van der Waals surface area contributed by atoms with Gasteiger partial charge in [0.25, 0.3) is 5.91 Å². The Morgan fingerprint density at radius 2 is 2.03 bits per heavy atom. The summed E-state index contributed by atoms with van der Waals surface area (Å²) in [7, 11) is 1.60. The number of nitrogens with zero attached hydrogens (tertiary/aromatic N) is 2. The van der Waals surface area contributed by atoms with E-state index in [0.717, 1.165) is 16.9 Å². The first-order valence-corrected chi connectivity index (χ1v) is 10.2. The van der Waals surface area contributed by atoms with Crippen LogP contribution in [0, 0.1) is 5.82 Å². The lowest BCUT2D eigenvalue weighted by molar-refractivity contribution is -0.134. The average molecular weight is 424 g/mol. The van der Waals surface area contributed by atoms with E-state index in [1.54, 1.807) is 35.4 Å². The third-order valence-corrected chi connectivity index (χ3v) is 5.55. The zero-order valence-corrected chi connectivity index (χ0v) is 17.3. The fourth-order valence-corrected chi connectivity index (χ4v) is 3.83. The Balaban J connectivity index is 1.27. The number of methoxy groups -OCH3 is 1. The van der Waals surface area contributed by atoms with Crippen molar-refractivity contribution in [2.24, 2.45) is 0 Å². The number of carbonyl (C=O) groups excluding carboxylic acids is 2. The average Bonchev–Trinajstić information content (AvgIpc) is 3.23. The molecule has 1 fully saturated rings. The van der Waals surface area contributed by atoms with Crippen LogP contribution in [0.25, 0.3) is 0 Å². The summed E-state index contributed by atoms with van der Waals surface area (Å²) >= 11 is 0. The molecule has 162 valence electrons. The van der Waals surface area contributed by atoms with Crippen molar-refractivity contribution >= 4 is 11.8 Å². The molecular weight excluding hydrogens is 399 g/mol. The number of hydrazine groups is 1. The van der Waals surface area contributed by atoms with Crippen molar-refractivity contribution in [3.05, 3.63) is 77.9 Å². The van der Waals surface area contributed by atoms with Crippen LogP contribution in [0.2, 0.25) is 0 Å². The molecule has 7 nitrogen and oxygen atoms in total. The first-order chi connectivity index (χ1) is 15.0. The molecular formula is C23H25FN4O3. The number of hydrogen-bond acceptors (Lipinski definition) is 5. The van der Waals surface area contributed by atoms with Crippen LogP contribution in [-0.2, 0) is 16.1 Å². The summed E-state index contributed by atoms with van der Waals surface area (Å²) in [4.78, 5) is 26.7. The van der Waals surface area contributed by atoms with E-state index < -0.39 is 0 Å². The van der Waals surface area contributed by atoms with E-state index in [1.807, 2.05) is 30.5 Å². The lowest BCUT2D eigenvalue weighted by atomic mass is 10.0. The fraction of sp³-hybridized carbons (Fsp3) is 0.304. The number of amides is 2. The predicted octanol–water partition coefficient (Wildman–Crippen LogP) is 2.47. The standard InChI is InChI=1S/C23H25FN4O3/c1-31-19-4-2-3-16(13-19)15-25-22(29)9-10-27-11-12-28-21(23(27)30)14-20(26-28)17-5-7-18(24)8-6-17/h2-8,11-13,20-21,26H,9-10,14-15H2,1H3,(H,25,29). The highest BCUT2D eigenvalue weighted by molar-refractivity contribution is 5.85. The largest absolute Gasteiger partial charge is 0.497 e. The number of fused-ring (bicyclic) bond motifs is 1. The van der Waals surface area contributed by atoms with Crippen molar-refractivity contribution in [3.63, 3.8) is 0 Å². The monoisotopic (exact) mass is 424 g/mol. The molecule has 2 atom stereocenters. The van der Waals surface area contributed by atoms with E-state index in [4.69, 9.17) is 4.74 Å². The van der Waals surface area contributed by atoms with Crippen molar-refractivity contribution in [2.75, 3.05) is 13.7 Å². The van der Waals surface area contributed by atoms with Gasteiger partial charge < -0.3 is 20.0 Å². The lowest BCUT2D eigenvalue weighted by Crippen LogP contribution is -2.48. The van der Waals surface area contributed by atoms with Gasteiger partial charge in [-0.2, -0.15) is 0 Å². The molecule has 2 unspecified atom stereocenters. The molecule has 31 heavy (non-hydrogen) atoms. The van der Waals surface area contributed by atoms with Crippen LogP contribution in [0.4, 0.5) is 4.39 Å². The maximum Gasteiger partial charge on any atom is 0.250 e. The lowest BCUT2D eigenvalue weighted by Gasteiger charge is -2.31. The van der Waals surface area contributed by atoms with Gasteiger partial charge in [0.05, 0.1) is 13.2 Å². The van der Waals surface area contributed by atoms with Gasteiger partial charge in [-0.05, 0) is 41.8 Å². The quantitative estimate of drug-likeness (QED) is 0.715. The summed E-state index contributed by atoms with van der Waals surface area (Å²) in [6, 6.07) is 13.4. The van der Waals surface area contributed by atoms with Crippen LogP contribution in [0.15, 0.2) is 60.9 Å². The Labute approximate surface area is 180 Å². The molecule has 0 spiro atoms. The first-order valence-electron chi connectivity index (χ1n) is 10.2. The first kappa shape index (κ1) is 20.9. The van der Waals surface area contributed by atoms with E-state index in [2.05, 4.69) is 10.7 Å². The van der Waals surface area contributed by atoms with Crippen molar-refractivity contribution in [1.82, 2.24) is 20.7 Å². The Kier molecular flexibility index (Phi) is 6.18. The summed E-state index contributed by atoms with van der Waals surface area (Å²) in [6.07, 6.45) is 4.28. The van der Waals surface area contributed by atoms with Crippen molar-refractivity contribution in [3.8, 4) is 5.75 Å². The Morgan fingerprint density at radius 1 is 1.23 bits per heavy atom. The number of rotatable bonds is 7. The van der Waals surface area contributed by atoms with Crippen LogP contribution >= 0.6 is 0 Å². The second-order valence-electron chi connectivity index (χ2n) is 7.60. The van der Waals surface area contributed by atoms with Gasteiger partial charge in [-0.1, -0.05) is 24.3 Å². The zero-order valence-electron chi connectivity index (χ0n) is 17.3. The van der Waals surface area contributed by atoms with E-state index in [9.17, 15) is 14.0 Å². The molecule has 2 aliphatic rings. The summed E-state index contributed by atoms with van der Waals surface area (Å²) in [5.74, 6) is 0.274. The Morgan fingerprint density at radius 3 is 2.81 bits per heavy atom. The highest BCUT2D eigenvalue weighted by Crippen LogP contribution is 2.30. The highest BCUT2D eigenvalue weighted by Gasteiger charge is 2.39. The summed E-state index contributed by atoms with van der Waals surface area (Å²) < 4.78 is 18.4. The van der Waals surface area contributed by atoms with Gasteiger partial charge in [0.1, 0.15) is 17.6 Å². The second kappa shape index (κ2) is 9.18. The van der Waals surface area contributed by atoms with Gasteiger partial charge in [0.15, 0.2) is 0 Å². The van der Waals surface area contributed by atoms with Crippen LogP contribution in [0.1, 0.15) is 30.0 Å². The van der Waals surface area contributed by atoms with E-state index >= 15 is 0 Å². The molecule has 2 amide bonds. The number of ether oxygens (including phenoxy) is 1. The highest BCUT2D eigenvalue weighted by atomic mass is 19.1. The minimum atomic E-state index is -0.347. The van der Waals surface area contributed by atoms with Crippen molar-refractivity contribution in [2.45, 2.75) is 31.5 Å². The SMILES string of the molecule is COc1cccc(CNC(=O)CCN2C=CN3NC(c4ccc(F)cc4)CC3C2=O)c1. The minimum absolute atomic E-state index is 0.0554. The van der Waals surface area contributed by atoms with E-state index in [1.165, 1.54) is 12.1 Å². The smallest absolute Gasteiger partial charge is 0.250 e. The Bertz CT molecular complexity index is 979. The van der Waals surface area contributed by atoms with Crippen LogP contribution < -0.4 is 15.5 Å². The van der Waals surface area contributed by atoms with Gasteiger partial charge in [0, 0.05) is 31.9 Å². The van der Waals surface area contributed by atoms with Gasteiger partial charge in [0.2, 0.25) is 5.91 Å². The number of carbonyl (C=O) groups is 2. The molecule has 1 saturated heterocycles. The van der Waals surface area contributed by atoms with Gasteiger partial charge in [-0.15, -0.1) is 0 Å². The molecule has 4 rings (SSSR count). The summed E-state index contributed by atoms with van der Waals surface area (Å²) in [5.41, 5.74) is 5.16. The third-order valence-electron chi connectivity index (χ3n) is 5.55. The van der Waals surface area contributed by atoms with Crippen molar-refractivity contribution in [1.29, 1.82) is 0 Å². The minimum Gasteiger partial charge on any atom is -0.497 e. The zero-order chi connectivity index (χ0) is 21.8. The molecule has 2 N–H and O–H groups in total. The number of hydrogen-bond donors (Lipinski definition) is 2. The normalized spacial score (nSPS) is 20.0. The molecule has 8 heteroatoms. The molecule has 0 saturated carbocycles. The molecule has 2 heterocycles. The number of halogens is 1. The molecule has 2 aliphatic heterocycles. The summed E-state index contributed by atoms with van der Waals surface area (Å²) in [5, 5.41) is 4.66. The predicted molar refractivity (Wildman–Crippen MR) is 113 cm³/mol. The molecule has 0 radical (unpaired) electrons. The third kappa shape index (κ3) is 4.86. The van der Waals surface area contributed by atoms with Crippen LogP contribution in [0.3, 0.4) is 0 Å². The molecule has 0 aromatic heterocycles. The molecule has 2 aromatic rings. The number of benzene rings is 2. The van der Waals surface area contributed by atoms with E-state index in [0.29, 0.717) is 19.5 Å².